The fourth-order valence-electron chi connectivity index (χ4n) is 2.20. The highest BCUT2D eigenvalue weighted by molar-refractivity contribution is 5.94. The van der Waals surface area contributed by atoms with Crippen molar-refractivity contribution in [1.29, 1.82) is 0 Å². The van der Waals surface area contributed by atoms with Gasteiger partial charge in [-0.1, -0.05) is 0 Å². The number of rotatable bonds is 4. The third-order valence-corrected chi connectivity index (χ3v) is 3.22. The SMILES string of the molecule is CCOC(=O)c1cn(N)c2c(COC(C)=O)c(F)c(F)cc2c1=O. The van der Waals surface area contributed by atoms with Gasteiger partial charge < -0.3 is 15.3 Å². The number of fused-ring (bicyclic) bond motifs is 1. The lowest BCUT2D eigenvalue weighted by Crippen LogP contribution is -2.25. The molecule has 0 fully saturated rings. The molecule has 1 aromatic carbocycles. The van der Waals surface area contributed by atoms with E-state index in [1.165, 1.54) is 0 Å². The molecule has 0 aliphatic heterocycles. The predicted octanol–water partition coefficient (Wildman–Crippen LogP) is 1.23. The normalized spacial score (nSPS) is 10.7. The van der Waals surface area contributed by atoms with Crippen LogP contribution in [0.5, 0.6) is 0 Å². The molecule has 128 valence electrons. The molecule has 0 saturated heterocycles. The van der Waals surface area contributed by atoms with Gasteiger partial charge in [-0.15, -0.1) is 0 Å². The van der Waals surface area contributed by atoms with Gasteiger partial charge in [0.15, 0.2) is 11.6 Å². The Hall–Kier alpha value is -2.97. The summed E-state index contributed by atoms with van der Waals surface area (Å²) in [6.45, 7) is 2.04. The van der Waals surface area contributed by atoms with Crippen LogP contribution in [0.15, 0.2) is 17.1 Å². The van der Waals surface area contributed by atoms with E-state index in [-0.39, 0.29) is 17.5 Å². The van der Waals surface area contributed by atoms with Crippen molar-refractivity contribution in [3.05, 3.63) is 45.2 Å². The van der Waals surface area contributed by atoms with Gasteiger partial charge in [0.05, 0.1) is 23.1 Å². The molecule has 9 heteroatoms. The summed E-state index contributed by atoms with van der Waals surface area (Å²) in [5.74, 6) is 1.44. The molecule has 7 nitrogen and oxygen atoms in total. The highest BCUT2D eigenvalue weighted by Crippen LogP contribution is 2.23. The van der Waals surface area contributed by atoms with Crippen molar-refractivity contribution in [2.24, 2.45) is 0 Å². The first-order valence-corrected chi connectivity index (χ1v) is 6.89. The predicted molar refractivity (Wildman–Crippen MR) is 79.7 cm³/mol. The lowest BCUT2D eigenvalue weighted by molar-refractivity contribution is -0.142. The minimum Gasteiger partial charge on any atom is -0.462 e. The van der Waals surface area contributed by atoms with Gasteiger partial charge in [0.1, 0.15) is 12.2 Å². The summed E-state index contributed by atoms with van der Waals surface area (Å²) >= 11 is 0. The average molecular weight is 340 g/mol. The van der Waals surface area contributed by atoms with Crippen LogP contribution in [0.1, 0.15) is 29.8 Å². The van der Waals surface area contributed by atoms with Crippen molar-refractivity contribution in [2.75, 3.05) is 12.4 Å². The summed E-state index contributed by atoms with van der Waals surface area (Å²) in [5, 5.41) is -0.330. The zero-order valence-corrected chi connectivity index (χ0v) is 12.9. The zero-order chi connectivity index (χ0) is 18.0. The summed E-state index contributed by atoms with van der Waals surface area (Å²) in [5.41, 5.74) is -1.88. The molecular weight excluding hydrogens is 326 g/mol. The second-order valence-corrected chi connectivity index (χ2v) is 4.83. The van der Waals surface area contributed by atoms with Crippen LogP contribution >= 0.6 is 0 Å². The maximum Gasteiger partial charge on any atom is 0.343 e. The number of hydrogen-bond donors (Lipinski definition) is 1. The molecule has 0 amide bonds. The van der Waals surface area contributed by atoms with Gasteiger partial charge >= 0.3 is 11.9 Å². The molecule has 0 spiro atoms. The molecule has 2 rings (SSSR count). The number of halogens is 2. The number of carbonyl (C=O) groups is 2. The topological polar surface area (TPSA) is 101 Å². The summed E-state index contributed by atoms with van der Waals surface area (Å²) in [4.78, 5) is 35.1. The van der Waals surface area contributed by atoms with Crippen molar-refractivity contribution < 1.29 is 27.8 Å². The standard InChI is InChI=1S/C15H14F2N2O5/c1-3-23-15(22)9-5-19(18)13-8(14(9)21)4-11(16)12(17)10(13)6-24-7(2)20/h4-5H,3,6,18H2,1-2H3. The Kier molecular flexibility index (Phi) is 4.82. The van der Waals surface area contributed by atoms with E-state index in [0.717, 1.165) is 17.8 Å². The minimum atomic E-state index is -1.33. The third-order valence-electron chi connectivity index (χ3n) is 3.22. The van der Waals surface area contributed by atoms with Crippen molar-refractivity contribution in [2.45, 2.75) is 20.5 Å². The highest BCUT2D eigenvalue weighted by Gasteiger charge is 2.22. The van der Waals surface area contributed by atoms with Crippen LogP contribution in [-0.4, -0.2) is 23.2 Å². The molecule has 24 heavy (non-hydrogen) atoms. The first-order chi connectivity index (χ1) is 11.3. The van der Waals surface area contributed by atoms with E-state index in [4.69, 9.17) is 10.6 Å². The number of nitrogen functional groups attached to an aromatic ring is 1. The van der Waals surface area contributed by atoms with Gasteiger partial charge in [0, 0.05) is 13.1 Å². The molecule has 0 radical (unpaired) electrons. The number of nitrogens with two attached hydrogens (primary N) is 1. The molecular formula is C15H14F2N2O5. The Morgan fingerprint density at radius 2 is 1.96 bits per heavy atom. The molecule has 1 aromatic heterocycles. The van der Waals surface area contributed by atoms with E-state index in [1.807, 2.05) is 0 Å². The lowest BCUT2D eigenvalue weighted by Gasteiger charge is -2.14. The fraction of sp³-hybridized carbons (Fsp3) is 0.267. The number of carbonyl (C=O) groups excluding carboxylic acids is 2. The summed E-state index contributed by atoms with van der Waals surface area (Å²) in [6, 6.07) is 0.635. The first kappa shape index (κ1) is 17.4. The van der Waals surface area contributed by atoms with E-state index < -0.39 is 46.7 Å². The van der Waals surface area contributed by atoms with Crippen LogP contribution in [0.2, 0.25) is 0 Å². The van der Waals surface area contributed by atoms with Crippen LogP contribution in [0.4, 0.5) is 8.78 Å². The maximum absolute atomic E-state index is 14.0. The Labute approximate surface area is 134 Å². The van der Waals surface area contributed by atoms with Crippen molar-refractivity contribution in [3.63, 3.8) is 0 Å². The second kappa shape index (κ2) is 6.65. The monoisotopic (exact) mass is 340 g/mol. The Morgan fingerprint density at radius 1 is 1.29 bits per heavy atom. The van der Waals surface area contributed by atoms with Crippen molar-refractivity contribution in [1.82, 2.24) is 4.68 Å². The van der Waals surface area contributed by atoms with E-state index in [0.29, 0.717) is 6.07 Å². The molecule has 0 atom stereocenters. The van der Waals surface area contributed by atoms with Crippen LogP contribution in [0.3, 0.4) is 0 Å². The smallest absolute Gasteiger partial charge is 0.343 e. The molecule has 0 aliphatic rings. The van der Waals surface area contributed by atoms with Gasteiger partial charge in [-0.2, -0.15) is 0 Å². The van der Waals surface area contributed by atoms with E-state index in [1.54, 1.807) is 6.92 Å². The summed E-state index contributed by atoms with van der Waals surface area (Å²) in [6.07, 6.45) is 0.956. The number of nitrogens with zero attached hydrogens (tertiary/aromatic N) is 1. The van der Waals surface area contributed by atoms with Gasteiger partial charge in [-0.25, -0.2) is 13.6 Å². The van der Waals surface area contributed by atoms with Gasteiger partial charge in [0.2, 0.25) is 5.43 Å². The van der Waals surface area contributed by atoms with Gasteiger partial charge in [-0.05, 0) is 13.0 Å². The Balaban J connectivity index is 2.78. The molecule has 0 unspecified atom stereocenters. The summed E-state index contributed by atoms with van der Waals surface area (Å²) < 4.78 is 38.1. The average Bonchev–Trinajstić information content (AvgIpc) is 2.51. The number of benzene rings is 1. The number of aromatic nitrogens is 1. The molecule has 0 saturated carbocycles. The quantitative estimate of drug-likeness (QED) is 0.664. The molecule has 1 heterocycles. The van der Waals surface area contributed by atoms with Crippen LogP contribution in [0, 0.1) is 11.6 Å². The van der Waals surface area contributed by atoms with E-state index >= 15 is 0 Å². The largest absolute Gasteiger partial charge is 0.462 e. The van der Waals surface area contributed by atoms with E-state index in [2.05, 4.69) is 4.74 Å². The minimum absolute atomic E-state index is 0.0242. The van der Waals surface area contributed by atoms with Crippen LogP contribution in [0.25, 0.3) is 10.9 Å². The highest BCUT2D eigenvalue weighted by atomic mass is 19.2. The maximum atomic E-state index is 14.0. The molecule has 2 N–H and O–H groups in total. The number of esters is 2. The number of pyridine rings is 1. The Bertz CT molecular complexity index is 892. The van der Waals surface area contributed by atoms with Crippen LogP contribution < -0.4 is 11.3 Å². The fourth-order valence-corrected chi connectivity index (χ4v) is 2.20. The lowest BCUT2D eigenvalue weighted by atomic mass is 10.1. The van der Waals surface area contributed by atoms with Crippen molar-refractivity contribution >= 4 is 22.8 Å². The first-order valence-electron chi connectivity index (χ1n) is 6.89. The third kappa shape index (κ3) is 3.05. The molecule has 0 bridgehead atoms. The number of hydrogen-bond acceptors (Lipinski definition) is 6. The van der Waals surface area contributed by atoms with E-state index in [9.17, 15) is 23.2 Å². The van der Waals surface area contributed by atoms with Gasteiger partial charge in [0.25, 0.3) is 0 Å². The van der Waals surface area contributed by atoms with Gasteiger partial charge in [-0.3, -0.25) is 14.3 Å². The zero-order valence-electron chi connectivity index (χ0n) is 12.9. The molecule has 2 aromatic rings. The molecule has 0 aliphatic carbocycles. The Morgan fingerprint density at radius 3 is 2.54 bits per heavy atom. The summed E-state index contributed by atoms with van der Waals surface area (Å²) in [7, 11) is 0. The van der Waals surface area contributed by atoms with Crippen LogP contribution in [-0.2, 0) is 20.9 Å². The van der Waals surface area contributed by atoms with Crippen molar-refractivity contribution in [3.8, 4) is 0 Å². The second-order valence-electron chi connectivity index (χ2n) is 4.83. The number of ether oxygens (including phenoxy) is 2.